The summed E-state index contributed by atoms with van der Waals surface area (Å²) in [4.78, 5) is 22.3. The summed E-state index contributed by atoms with van der Waals surface area (Å²) >= 11 is 6.03. The summed E-state index contributed by atoms with van der Waals surface area (Å²) in [5, 5.41) is 13.7. The summed E-state index contributed by atoms with van der Waals surface area (Å²) < 4.78 is 0. The number of benzene rings is 2. The van der Waals surface area contributed by atoms with E-state index in [2.05, 4.69) is 5.32 Å². The number of hydrogen-bond acceptors (Lipinski definition) is 4. The highest BCUT2D eigenvalue weighted by Gasteiger charge is 2.16. The summed E-state index contributed by atoms with van der Waals surface area (Å²) in [6.45, 7) is 1.87. The fraction of sp³-hybridized carbons (Fsp3) is 0.0714. The van der Waals surface area contributed by atoms with Gasteiger partial charge in [0, 0.05) is 17.8 Å². The summed E-state index contributed by atoms with van der Waals surface area (Å²) in [5.41, 5.74) is 7.03. The van der Waals surface area contributed by atoms with Gasteiger partial charge in [-0.15, -0.1) is 0 Å². The van der Waals surface area contributed by atoms with Gasteiger partial charge in [-0.25, -0.2) is 0 Å². The number of aryl methyl sites for hydroxylation is 1. The molecule has 0 spiro atoms. The summed E-state index contributed by atoms with van der Waals surface area (Å²) in [7, 11) is 0. The van der Waals surface area contributed by atoms with Crippen molar-refractivity contribution < 1.29 is 9.72 Å². The number of nitrogens with zero attached hydrogens (tertiary/aromatic N) is 1. The Kier molecular flexibility index (Phi) is 4.09. The van der Waals surface area contributed by atoms with Crippen LogP contribution in [0.2, 0.25) is 5.02 Å². The first-order valence-electron chi connectivity index (χ1n) is 6.00. The molecule has 0 fully saturated rings. The molecular formula is C14H12ClN3O3. The number of hydrogen-bond donors (Lipinski definition) is 2. The number of nitrogen functional groups attached to an aromatic ring is 1. The zero-order valence-corrected chi connectivity index (χ0v) is 11.8. The molecule has 7 heteroatoms. The van der Waals surface area contributed by atoms with Crippen molar-refractivity contribution in [3.05, 3.63) is 62.7 Å². The molecule has 2 aromatic rings. The summed E-state index contributed by atoms with van der Waals surface area (Å²) in [5.74, 6) is -0.554. The Labute approximate surface area is 125 Å². The third-order valence-electron chi connectivity index (χ3n) is 2.87. The molecule has 0 radical (unpaired) electrons. The van der Waals surface area contributed by atoms with Crippen molar-refractivity contribution in [1.82, 2.24) is 0 Å². The molecular weight excluding hydrogens is 294 g/mol. The van der Waals surface area contributed by atoms with E-state index in [1.165, 1.54) is 12.1 Å². The second kappa shape index (κ2) is 5.80. The molecule has 0 heterocycles. The van der Waals surface area contributed by atoms with Crippen molar-refractivity contribution in [2.24, 2.45) is 0 Å². The normalized spacial score (nSPS) is 10.2. The highest BCUT2D eigenvalue weighted by atomic mass is 35.5. The number of amides is 1. The lowest BCUT2D eigenvalue weighted by molar-refractivity contribution is -0.384. The lowest BCUT2D eigenvalue weighted by Crippen LogP contribution is -2.14. The first-order chi connectivity index (χ1) is 9.88. The van der Waals surface area contributed by atoms with Crippen molar-refractivity contribution >= 4 is 34.6 Å². The predicted octanol–water partition coefficient (Wildman–Crippen LogP) is 3.39. The third-order valence-corrected chi connectivity index (χ3v) is 3.18. The number of halogens is 1. The van der Waals surface area contributed by atoms with Crippen LogP contribution < -0.4 is 11.1 Å². The minimum absolute atomic E-state index is 0.0286. The molecule has 1 amide bonds. The van der Waals surface area contributed by atoms with E-state index in [1.54, 1.807) is 18.2 Å². The lowest BCUT2D eigenvalue weighted by Gasteiger charge is -2.09. The van der Waals surface area contributed by atoms with Gasteiger partial charge in [-0.2, -0.15) is 0 Å². The fourth-order valence-corrected chi connectivity index (χ4v) is 2.05. The van der Waals surface area contributed by atoms with Crippen molar-refractivity contribution in [2.75, 3.05) is 11.1 Å². The molecule has 0 aliphatic rings. The SMILES string of the molecule is Cc1ccc(NC(=O)c2cc([N+](=O)[O-])ccc2N)c(Cl)c1. The topological polar surface area (TPSA) is 98.3 Å². The molecule has 2 aromatic carbocycles. The molecule has 0 bridgehead atoms. The highest BCUT2D eigenvalue weighted by molar-refractivity contribution is 6.34. The first kappa shape index (κ1) is 14.8. The van der Waals surface area contributed by atoms with Crippen LogP contribution in [-0.2, 0) is 0 Å². The van der Waals surface area contributed by atoms with Gasteiger partial charge in [0.1, 0.15) is 0 Å². The number of nitrogens with one attached hydrogen (secondary N) is 1. The standard InChI is InChI=1S/C14H12ClN3O3/c1-8-2-5-13(11(15)6-8)17-14(19)10-7-9(18(20)21)3-4-12(10)16/h2-7H,16H2,1H3,(H,17,19). The van der Waals surface area contributed by atoms with Gasteiger partial charge in [-0.05, 0) is 30.7 Å². The van der Waals surface area contributed by atoms with E-state index < -0.39 is 10.8 Å². The second-order valence-electron chi connectivity index (χ2n) is 4.47. The third kappa shape index (κ3) is 3.29. The van der Waals surface area contributed by atoms with E-state index in [-0.39, 0.29) is 16.9 Å². The first-order valence-corrected chi connectivity index (χ1v) is 6.37. The minimum Gasteiger partial charge on any atom is -0.398 e. The maximum atomic E-state index is 12.2. The Hall–Kier alpha value is -2.60. The lowest BCUT2D eigenvalue weighted by atomic mass is 10.1. The number of nitrogens with two attached hydrogens (primary N) is 1. The number of carbonyl (C=O) groups excluding carboxylic acids is 1. The number of nitro benzene ring substituents is 1. The Bertz CT molecular complexity index is 731. The molecule has 6 nitrogen and oxygen atoms in total. The minimum atomic E-state index is -0.588. The average Bonchev–Trinajstić information content (AvgIpc) is 2.42. The van der Waals surface area contributed by atoms with Gasteiger partial charge in [0.05, 0.1) is 21.2 Å². The van der Waals surface area contributed by atoms with Crippen molar-refractivity contribution in [2.45, 2.75) is 6.92 Å². The van der Waals surface area contributed by atoms with Crippen LogP contribution in [-0.4, -0.2) is 10.8 Å². The molecule has 0 unspecified atom stereocenters. The van der Waals surface area contributed by atoms with Gasteiger partial charge >= 0.3 is 0 Å². The predicted molar refractivity (Wildman–Crippen MR) is 81.7 cm³/mol. The van der Waals surface area contributed by atoms with Crippen LogP contribution in [0.4, 0.5) is 17.1 Å². The quantitative estimate of drug-likeness (QED) is 0.516. The van der Waals surface area contributed by atoms with Crippen molar-refractivity contribution in [3.8, 4) is 0 Å². The Morgan fingerprint density at radius 3 is 2.62 bits per heavy atom. The van der Waals surface area contributed by atoms with Crippen LogP contribution in [0.25, 0.3) is 0 Å². The van der Waals surface area contributed by atoms with Crippen molar-refractivity contribution in [3.63, 3.8) is 0 Å². The molecule has 21 heavy (non-hydrogen) atoms. The highest BCUT2D eigenvalue weighted by Crippen LogP contribution is 2.25. The Morgan fingerprint density at radius 2 is 2.00 bits per heavy atom. The van der Waals surface area contributed by atoms with Gasteiger partial charge in [0.2, 0.25) is 0 Å². The molecule has 0 atom stereocenters. The fourth-order valence-electron chi connectivity index (χ4n) is 1.77. The molecule has 0 saturated carbocycles. The van der Waals surface area contributed by atoms with Crippen LogP contribution in [0, 0.1) is 17.0 Å². The van der Waals surface area contributed by atoms with E-state index in [0.717, 1.165) is 11.6 Å². The van der Waals surface area contributed by atoms with Crippen molar-refractivity contribution in [1.29, 1.82) is 0 Å². The second-order valence-corrected chi connectivity index (χ2v) is 4.87. The number of rotatable bonds is 3. The van der Waals surface area contributed by atoms with Gasteiger partial charge in [0.15, 0.2) is 0 Å². The van der Waals surface area contributed by atoms with E-state index in [1.807, 2.05) is 6.92 Å². The maximum absolute atomic E-state index is 12.2. The zero-order chi connectivity index (χ0) is 15.6. The summed E-state index contributed by atoms with van der Waals surface area (Å²) in [6.07, 6.45) is 0. The zero-order valence-electron chi connectivity index (χ0n) is 11.1. The van der Waals surface area contributed by atoms with Crippen LogP contribution in [0.3, 0.4) is 0 Å². The van der Waals surface area contributed by atoms with Crippen LogP contribution >= 0.6 is 11.6 Å². The molecule has 0 saturated heterocycles. The van der Waals surface area contributed by atoms with Gasteiger partial charge < -0.3 is 11.1 Å². The maximum Gasteiger partial charge on any atom is 0.270 e. The van der Waals surface area contributed by atoms with E-state index in [0.29, 0.717) is 10.7 Å². The number of anilines is 2. The van der Waals surface area contributed by atoms with Gasteiger partial charge in [-0.3, -0.25) is 14.9 Å². The largest absolute Gasteiger partial charge is 0.398 e. The molecule has 3 N–H and O–H groups in total. The Balaban J connectivity index is 2.32. The molecule has 0 aliphatic carbocycles. The molecule has 0 aliphatic heterocycles. The van der Waals surface area contributed by atoms with Gasteiger partial charge in [0.25, 0.3) is 11.6 Å². The van der Waals surface area contributed by atoms with Crippen LogP contribution in [0.1, 0.15) is 15.9 Å². The molecule has 108 valence electrons. The number of nitro groups is 1. The Morgan fingerprint density at radius 1 is 1.29 bits per heavy atom. The van der Waals surface area contributed by atoms with E-state index >= 15 is 0 Å². The van der Waals surface area contributed by atoms with Crippen LogP contribution in [0.15, 0.2) is 36.4 Å². The smallest absolute Gasteiger partial charge is 0.270 e. The monoisotopic (exact) mass is 305 g/mol. The van der Waals surface area contributed by atoms with Crippen LogP contribution in [0.5, 0.6) is 0 Å². The average molecular weight is 306 g/mol. The summed E-state index contributed by atoms with van der Waals surface area (Å²) in [6, 6.07) is 8.84. The molecule has 2 rings (SSSR count). The number of non-ortho nitro benzene ring substituents is 1. The molecule has 0 aromatic heterocycles. The van der Waals surface area contributed by atoms with E-state index in [4.69, 9.17) is 17.3 Å². The number of carbonyl (C=O) groups is 1. The van der Waals surface area contributed by atoms with E-state index in [9.17, 15) is 14.9 Å². The van der Waals surface area contributed by atoms with Gasteiger partial charge in [-0.1, -0.05) is 17.7 Å².